The number of hydrogen-bond donors (Lipinski definition) is 1. The van der Waals surface area contributed by atoms with Crippen LogP contribution in [0.3, 0.4) is 0 Å². The lowest BCUT2D eigenvalue weighted by Crippen LogP contribution is -2.53. The van der Waals surface area contributed by atoms with Crippen LogP contribution in [-0.4, -0.2) is 41.2 Å². The van der Waals surface area contributed by atoms with Gasteiger partial charge < -0.3 is 14.8 Å². The largest absolute Gasteiger partial charge is 0.373 e. The van der Waals surface area contributed by atoms with Crippen LogP contribution in [0, 0.1) is 17.6 Å². The summed E-state index contributed by atoms with van der Waals surface area (Å²) in [7, 11) is 0. The number of rotatable bonds is 3. The molecule has 8 heteroatoms. The number of allylic oxidation sites excluding steroid dienone is 2. The second kappa shape index (κ2) is 9.21. The lowest BCUT2D eigenvalue weighted by molar-refractivity contribution is -0.138. The Balaban J connectivity index is 1.44. The van der Waals surface area contributed by atoms with Crippen molar-refractivity contribution < 1.29 is 23.0 Å². The van der Waals surface area contributed by atoms with Crippen LogP contribution in [0.25, 0.3) is 0 Å². The molecular formula is C26H30F2N2O3S. The molecule has 0 saturated carbocycles. The SMILES string of the molecule is CC1(C)CCC(C2CC3CSC(NC(=O)C4=CCCC=C4)=NC3(c3ccc(F)cc3F)CO2)O1. The summed E-state index contributed by atoms with van der Waals surface area (Å²) < 4.78 is 41.3. The standard InChI is InChI=1S/C26H30F2N2O3S/c1-25(2)11-10-21(33-25)22-12-17-14-34-24(29-23(31)16-6-4-3-5-7-16)30-26(17,15-32-22)19-9-8-18(27)13-20(19)28/h4,6-9,13,17,21-22H,3,5,10-12,14-15H2,1-2H3,(H,29,30,31). The molecule has 4 atom stereocenters. The zero-order valence-electron chi connectivity index (χ0n) is 19.5. The third-order valence-electron chi connectivity index (χ3n) is 7.22. The quantitative estimate of drug-likeness (QED) is 0.649. The number of nitrogens with zero attached hydrogens (tertiary/aromatic N) is 1. The van der Waals surface area contributed by atoms with Crippen LogP contribution in [0.1, 0.15) is 51.5 Å². The second-order valence-electron chi connectivity index (χ2n) is 10.1. The average Bonchev–Trinajstić information content (AvgIpc) is 3.18. The van der Waals surface area contributed by atoms with Crippen LogP contribution < -0.4 is 5.32 Å². The van der Waals surface area contributed by atoms with Gasteiger partial charge in [-0.1, -0.05) is 36.1 Å². The number of hydrogen-bond acceptors (Lipinski definition) is 5. The average molecular weight is 489 g/mol. The summed E-state index contributed by atoms with van der Waals surface area (Å²) in [6.07, 6.45) is 9.85. The van der Waals surface area contributed by atoms with Crippen molar-refractivity contribution in [1.82, 2.24) is 5.32 Å². The topological polar surface area (TPSA) is 59.9 Å². The van der Waals surface area contributed by atoms with Crippen molar-refractivity contribution in [2.75, 3.05) is 12.4 Å². The van der Waals surface area contributed by atoms with E-state index in [0.717, 1.165) is 31.7 Å². The summed E-state index contributed by atoms with van der Waals surface area (Å²) in [5.41, 5.74) is -0.314. The summed E-state index contributed by atoms with van der Waals surface area (Å²) in [6, 6.07) is 3.61. The van der Waals surface area contributed by atoms with Gasteiger partial charge in [0.25, 0.3) is 5.91 Å². The van der Waals surface area contributed by atoms with Gasteiger partial charge >= 0.3 is 0 Å². The molecule has 1 aromatic carbocycles. The molecule has 3 heterocycles. The molecule has 1 aromatic rings. The predicted octanol–water partition coefficient (Wildman–Crippen LogP) is 5.02. The van der Waals surface area contributed by atoms with Gasteiger partial charge in [0.1, 0.15) is 17.2 Å². The summed E-state index contributed by atoms with van der Waals surface area (Å²) >= 11 is 1.46. The van der Waals surface area contributed by atoms with Crippen LogP contribution in [0.2, 0.25) is 0 Å². The fourth-order valence-corrected chi connectivity index (χ4v) is 6.53. The Morgan fingerprint density at radius 3 is 2.79 bits per heavy atom. The molecule has 4 unspecified atom stereocenters. The molecule has 1 amide bonds. The molecule has 1 aliphatic carbocycles. The van der Waals surface area contributed by atoms with Crippen LogP contribution in [-0.2, 0) is 19.8 Å². The molecule has 2 saturated heterocycles. The molecule has 5 nitrogen and oxygen atoms in total. The molecule has 1 N–H and O–H groups in total. The Morgan fingerprint density at radius 1 is 1.24 bits per heavy atom. The van der Waals surface area contributed by atoms with Gasteiger partial charge in [-0.3, -0.25) is 4.79 Å². The van der Waals surface area contributed by atoms with Crippen LogP contribution in [0.15, 0.2) is 47.0 Å². The second-order valence-corrected chi connectivity index (χ2v) is 11.1. The highest BCUT2D eigenvalue weighted by Crippen LogP contribution is 2.48. The van der Waals surface area contributed by atoms with E-state index in [1.54, 1.807) is 0 Å². The van der Waals surface area contributed by atoms with Gasteiger partial charge in [-0.05, 0) is 52.0 Å². The van der Waals surface area contributed by atoms with Crippen molar-refractivity contribution in [1.29, 1.82) is 0 Å². The van der Waals surface area contributed by atoms with Crippen molar-refractivity contribution in [3.63, 3.8) is 0 Å². The van der Waals surface area contributed by atoms with Crippen molar-refractivity contribution >= 4 is 22.8 Å². The van der Waals surface area contributed by atoms with Crippen LogP contribution in [0.4, 0.5) is 8.78 Å². The van der Waals surface area contributed by atoms with E-state index in [1.165, 1.54) is 23.9 Å². The Kier molecular flexibility index (Phi) is 6.42. The molecular weight excluding hydrogens is 458 g/mol. The maximum absolute atomic E-state index is 15.1. The lowest BCUT2D eigenvalue weighted by atomic mass is 9.74. The van der Waals surface area contributed by atoms with Gasteiger partial charge in [-0.2, -0.15) is 0 Å². The minimum Gasteiger partial charge on any atom is -0.373 e. The van der Waals surface area contributed by atoms with Crippen molar-refractivity contribution in [2.45, 2.75) is 69.3 Å². The van der Waals surface area contributed by atoms with E-state index >= 15 is 4.39 Å². The van der Waals surface area contributed by atoms with Crippen molar-refractivity contribution in [2.24, 2.45) is 10.9 Å². The molecule has 0 aromatic heterocycles. The van der Waals surface area contributed by atoms with Gasteiger partial charge in [0, 0.05) is 28.9 Å². The fraction of sp³-hybridized carbons (Fsp3) is 0.538. The molecule has 0 radical (unpaired) electrons. The maximum atomic E-state index is 15.1. The minimum absolute atomic E-state index is 0.00818. The van der Waals surface area contributed by atoms with Gasteiger partial charge in [-0.25, -0.2) is 13.8 Å². The smallest absolute Gasteiger partial charge is 0.256 e. The van der Waals surface area contributed by atoms with Gasteiger partial charge in [0.15, 0.2) is 5.17 Å². The highest BCUT2D eigenvalue weighted by Gasteiger charge is 2.52. The monoisotopic (exact) mass is 488 g/mol. The molecule has 182 valence electrons. The first kappa shape index (κ1) is 23.7. The van der Waals surface area contributed by atoms with E-state index in [9.17, 15) is 9.18 Å². The third-order valence-corrected chi connectivity index (χ3v) is 8.26. The number of benzene rings is 1. The normalized spacial score (nSPS) is 32.5. The van der Waals surface area contributed by atoms with E-state index in [2.05, 4.69) is 19.2 Å². The number of fused-ring (bicyclic) bond motifs is 1. The number of aliphatic imine (C=N–C) groups is 1. The van der Waals surface area contributed by atoms with Crippen molar-refractivity contribution in [3.8, 4) is 0 Å². The predicted molar refractivity (Wildman–Crippen MR) is 129 cm³/mol. The minimum atomic E-state index is -1.03. The van der Waals surface area contributed by atoms with E-state index in [-0.39, 0.29) is 36.2 Å². The summed E-state index contributed by atoms with van der Waals surface area (Å²) in [5, 5.41) is 3.34. The van der Waals surface area contributed by atoms with Crippen LogP contribution in [0.5, 0.6) is 0 Å². The fourth-order valence-electron chi connectivity index (χ4n) is 5.37. The number of carbonyl (C=O) groups excluding carboxylic acids is 1. The Morgan fingerprint density at radius 2 is 2.09 bits per heavy atom. The summed E-state index contributed by atoms with van der Waals surface area (Å²) in [5.74, 6) is -0.918. The highest BCUT2D eigenvalue weighted by molar-refractivity contribution is 8.13. The molecule has 4 aliphatic rings. The van der Waals surface area contributed by atoms with E-state index in [4.69, 9.17) is 14.5 Å². The Hall–Kier alpha value is -2.03. The van der Waals surface area contributed by atoms with Gasteiger partial charge in [0.05, 0.1) is 24.4 Å². The first-order valence-corrected chi connectivity index (χ1v) is 12.9. The maximum Gasteiger partial charge on any atom is 0.256 e. The summed E-state index contributed by atoms with van der Waals surface area (Å²) in [6.45, 7) is 4.31. The number of halogens is 2. The van der Waals surface area contributed by atoms with E-state index in [0.29, 0.717) is 28.5 Å². The summed E-state index contributed by atoms with van der Waals surface area (Å²) in [4.78, 5) is 17.7. The lowest BCUT2D eigenvalue weighted by Gasteiger charge is -2.47. The zero-order valence-corrected chi connectivity index (χ0v) is 20.3. The molecule has 34 heavy (non-hydrogen) atoms. The van der Waals surface area contributed by atoms with Gasteiger partial charge in [0.2, 0.25) is 0 Å². The van der Waals surface area contributed by atoms with E-state index < -0.39 is 17.2 Å². The molecule has 5 rings (SSSR count). The van der Waals surface area contributed by atoms with Crippen LogP contribution >= 0.6 is 11.8 Å². The first-order chi connectivity index (χ1) is 16.3. The number of thioether (sulfide) groups is 1. The number of ether oxygens (including phenoxy) is 2. The van der Waals surface area contributed by atoms with Crippen molar-refractivity contribution in [3.05, 3.63) is 59.2 Å². The number of amides is 1. The zero-order chi connectivity index (χ0) is 23.9. The number of nitrogens with one attached hydrogen (secondary N) is 1. The first-order valence-electron chi connectivity index (χ1n) is 11.9. The highest BCUT2D eigenvalue weighted by atomic mass is 32.2. The number of carbonyl (C=O) groups is 1. The third kappa shape index (κ3) is 4.60. The Labute approximate surface area is 203 Å². The Bertz CT molecular complexity index is 1070. The number of amidine groups is 1. The molecule has 3 aliphatic heterocycles. The van der Waals surface area contributed by atoms with Gasteiger partial charge in [-0.15, -0.1) is 0 Å². The molecule has 0 bridgehead atoms. The molecule has 0 spiro atoms. The van der Waals surface area contributed by atoms with E-state index in [1.807, 2.05) is 18.2 Å². The molecule has 2 fully saturated rings.